The predicted octanol–water partition coefficient (Wildman–Crippen LogP) is 2.61. The molecule has 1 unspecified atom stereocenters. The number of nitrogens with one attached hydrogen (secondary N) is 1. The lowest BCUT2D eigenvalue weighted by Gasteiger charge is -2.27. The summed E-state index contributed by atoms with van der Waals surface area (Å²) in [5, 5.41) is 3.88. The van der Waals surface area contributed by atoms with Gasteiger partial charge in [-0.25, -0.2) is 14.4 Å². The minimum Gasteiger partial charge on any atom is -0.378 e. The maximum atomic E-state index is 13.7. The third-order valence-corrected chi connectivity index (χ3v) is 5.31. The van der Waals surface area contributed by atoms with Gasteiger partial charge in [-0.2, -0.15) is 0 Å². The molecular weight excluding hydrogens is 385 g/mol. The Kier molecular flexibility index (Phi) is 5.67. The number of aromatic nitrogens is 3. The molecule has 0 spiro atoms. The van der Waals surface area contributed by atoms with Gasteiger partial charge in [-0.05, 0) is 50.1 Å². The number of hydrogen-bond donors (Lipinski definition) is 1. The maximum absolute atomic E-state index is 13.7. The number of ether oxygens (including phenoxy) is 1. The normalized spacial score (nSPS) is 15.4. The predicted molar refractivity (Wildman–Crippen MR) is 113 cm³/mol. The van der Waals surface area contributed by atoms with Crippen LogP contribution in [0, 0.1) is 12.7 Å². The van der Waals surface area contributed by atoms with E-state index in [0.717, 1.165) is 22.2 Å². The molecule has 30 heavy (non-hydrogen) atoms. The molecule has 0 aliphatic carbocycles. The molecule has 1 N–H and O–H groups in total. The zero-order valence-corrected chi connectivity index (χ0v) is 17.5. The SMILES string of the molecule is Cc1cc(C(=O)NC(C)Cc2cn(C)c3ccc(F)cc23)nc(N2CCOCC2)n1. The van der Waals surface area contributed by atoms with Crippen molar-refractivity contribution in [1.82, 2.24) is 19.9 Å². The van der Waals surface area contributed by atoms with Gasteiger partial charge in [0.05, 0.1) is 13.2 Å². The van der Waals surface area contributed by atoms with Gasteiger partial charge in [0.1, 0.15) is 11.5 Å². The van der Waals surface area contributed by atoms with Crippen LogP contribution in [0.3, 0.4) is 0 Å². The lowest BCUT2D eigenvalue weighted by atomic mass is 10.1. The van der Waals surface area contributed by atoms with E-state index < -0.39 is 0 Å². The molecule has 1 amide bonds. The van der Waals surface area contributed by atoms with Gasteiger partial charge in [0.25, 0.3) is 5.91 Å². The average Bonchev–Trinajstić information content (AvgIpc) is 3.02. The van der Waals surface area contributed by atoms with Crippen LogP contribution in [-0.4, -0.2) is 52.8 Å². The van der Waals surface area contributed by atoms with Gasteiger partial charge in [0.2, 0.25) is 5.95 Å². The quantitative estimate of drug-likeness (QED) is 0.699. The largest absolute Gasteiger partial charge is 0.378 e. The molecule has 158 valence electrons. The van der Waals surface area contributed by atoms with Gasteiger partial charge in [0, 0.05) is 49.0 Å². The smallest absolute Gasteiger partial charge is 0.270 e. The Hall–Kier alpha value is -3.00. The third-order valence-electron chi connectivity index (χ3n) is 5.31. The summed E-state index contributed by atoms with van der Waals surface area (Å²) in [7, 11) is 1.93. The minimum absolute atomic E-state index is 0.145. The van der Waals surface area contributed by atoms with Crippen LogP contribution in [0.25, 0.3) is 10.9 Å². The number of amides is 1. The van der Waals surface area contributed by atoms with E-state index >= 15 is 0 Å². The Balaban J connectivity index is 1.49. The number of benzene rings is 1. The van der Waals surface area contributed by atoms with Gasteiger partial charge < -0.3 is 19.5 Å². The second-order valence-electron chi connectivity index (χ2n) is 7.80. The summed E-state index contributed by atoms with van der Waals surface area (Å²) in [6.07, 6.45) is 2.57. The van der Waals surface area contributed by atoms with Crippen molar-refractivity contribution < 1.29 is 13.9 Å². The first-order valence-corrected chi connectivity index (χ1v) is 10.1. The fraction of sp³-hybridized carbons (Fsp3) is 0.409. The van der Waals surface area contributed by atoms with E-state index in [-0.39, 0.29) is 17.8 Å². The Bertz CT molecular complexity index is 1070. The molecule has 1 atom stereocenters. The molecule has 1 aliphatic heterocycles. The van der Waals surface area contributed by atoms with E-state index in [2.05, 4.69) is 15.3 Å². The molecule has 4 rings (SSSR count). The lowest BCUT2D eigenvalue weighted by Crippen LogP contribution is -2.38. The topological polar surface area (TPSA) is 72.3 Å². The van der Waals surface area contributed by atoms with Gasteiger partial charge in [0.15, 0.2) is 0 Å². The number of carbonyl (C=O) groups is 1. The molecule has 3 aromatic rings. The van der Waals surface area contributed by atoms with Crippen LogP contribution in [0.4, 0.5) is 10.3 Å². The standard InChI is InChI=1S/C22H26FN5O2/c1-14(10-16-13-27(3)20-5-4-17(23)12-18(16)20)24-21(29)19-11-15(2)25-22(26-19)28-6-8-30-9-7-28/h4-5,11-14H,6-10H2,1-3H3,(H,24,29). The van der Waals surface area contributed by atoms with Gasteiger partial charge in [-0.3, -0.25) is 4.79 Å². The molecule has 0 saturated carbocycles. The third kappa shape index (κ3) is 4.28. The molecular formula is C22H26FN5O2. The van der Waals surface area contributed by atoms with E-state index in [1.807, 2.05) is 36.6 Å². The summed E-state index contributed by atoms with van der Waals surface area (Å²) in [5.74, 6) is 0.0494. The lowest BCUT2D eigenvalue weighted by molar-refractivity contribution is 0.0934. The summed E-state index contributed by atoms with van der Waals surface area (Å²) in [4.78, 5) is 23.8. The highest BCUT2D eigenvalue weighted by molar-refractivity contribution is 5.93. The number of morpholine rings is 1. The van der Waals surface area contributed by atoms with E-state index in [9.17, 15) is 9.18 Å². The minimum atomic E-state index is -0.265. The monoisotopic (exact) mass is 411 g/mol. The van der Waals surface area contributed by atoms with E-state index in [4.69, 9.17) is 4.74 Å². The Labute approximate surface area is 174 Å². The molecule has 0 radical (unpaired) electrons. The first-order valence-electron chi connectivity index (χ1n) is 10.1. The first-order chi connectivity index (χ1) is 14.4. The van der Waals surface area contributed by atoms with Crippen molar-refractivity contribution in [3.05, 3.63) is 53.2 Å². The molecule has 7 nitrogen and oxygen atoms in total. The second kappa shape index (κ2) is 8.39. The average molecular weight is 411 g/mol. The van der Waals surface area contributed by atoms with Crippen molar-refractivity contribution in [1.29, 1.82) is 0 Å². The van der Waals surface area contributed by atoms with Crippen molar-refractivity contribution >= 4 is 22.8 Å². The summed E-state index contributed by atoms with van der Waals surface area (Å²) >= 11 is 0. The molecule has 1 fully saturated rings. The van der Waals surface area contributed by atoms with Crippen LogP contribution < -0.4 is 10.2 Å². The highest BCUT2D eigenvalue weighted by atomic mass is 19.1. The fourth-order valence-electron chi connectivity index (χ4n) is 3.86. The van der Waals surface area contributed by atoms with E-state index in [1.165, 1.54) is 6.07 Å². The van der Waals surface area contributed by atoms with Crippen LogP contribution in [0.15, 0.2) is 30.5 Å². The fourth-order valence-corrected chi connectivity index (χ4v) is 3.86. The van der Waals surface area contributed by atoms with Crippen molar-refractivity contribution in [2.75, 3.05) is 31.2 Å². The number of nitrogens with zero attached hydrogens (tertiary/aromatic N) is 4. The van der Waals surface area contributed by atoms with Crippen molar-refractivity contribution in [2.45, 2.75) is 26.3 Å². The number of aryl methyl sites for hydroxylation is 2. The molecule has 1 aliphatic rings. The second-order valence-corrected chi connectivity index (χ2v) is 7.80. The summed E-state index contributed by atoms with van der Waals surface area (Å²) < 4.78 is 21.1. The number of anilines is 1. The Morgan fingerprint density at radius 2 is 2.03 bits per heavy atom. The summed E-state index contributed by atoms with van der Waals surface area (Å²) in [6.45, 7) is 6.46. The van der Waals surface area contributed by atoms with E-state index in [0.29, 0.717) is 44.4 Å². The maximum Gasteiger partial charge on any atom is 0.270 e. The number of carbonyl (C=O) groups excluding carboxylic acids is 1. The van der Waals surface area contributed by atoms with Crippen LogP contribution in [0.2, 0.25) is 0 Å². The number of halogens is 1. The van der Waals surface area contributed by atoms with Crippen LogP contribution in [-0.2, 0) is 18.2 Å². The van der Waals surface area contributed by atoms with Gasteiger partial charge in [-0.15, -0.1) is 0 Å². The van der Waals surface area contributed by atoms with Crippen molar-refractivity contribution in [2.24, 2.45) is 7.05 Å². The van der Waals surface area contributed by atoms with Crippen molar-refractivity contribution in [3.8, 4) is 0 Å². The molecule has 2 aromatic heterocycles. The Morgan fingerprint density at radius 3 is 2.80 bits per heavy atom. The Morgan fingerprint density at radius 1 is 1.27 bits per heavy atom. The zero-order valence-electron chi connectivity index (χ0n) is 17.5. The summed E-state index contributed by atoms with van der Waals surface area (Å²) in [5.41, 5.74) is 3.05. The molecule has 1 aromatic carbocycles. The zero-order chi connectivity index (χ0) is 21.3. The van der Waals surface area contributed by atoms with E-state index in [1.54, 1.807) is 18.2 Å². The highest BCUT2D eigenvalue weighted by Crippen LogP contribution is 2.23. The summed E-state index contributed by atoms with van der Waals surface area (Å²) in [6, 6.07) is 6.32. The van der Waals surface area contributed by atoms with Crippen molar-refractivity contribution in [3.63, 3.8) is 0 Å². The first kappa shape index (κ1) is 20.3. The molecule has 0 bridgehead atoms. The highest BCUT2D eigenvalue weighted by Gasteiger charge is 2.19. The molecule has 3 heterocycles. The van der Waals surface area contributed by atoms with Crippen LogP contribution in [0.5, 0.6) is 0 Å². The van der Waals surface area contributed by atoms with Crippen LogP contribution >= 0.6 is 0 Å². The number of rotatable bonds is 5. The molecule has 8 heteroatoms. The van der Waals surface area contributed by atoms with Crippen LogP contribution in [0.1, 0.15) is 28.7 Å². The number of hydrogen-bond acceptors (Lipinski definition) is 5. The number of fused-ring (bicyclic) bond motifs is 1. The van der Waals surface area contributed by atoms with Gasteiger partial charge in [-0.1, -0.05) is 0 Å². The van der Waals surface area contributed by atoms with Gasteiger partial charge >= 0.3 is 0 Å². The molecule has 1 saturated heterocycles.